The standard InChI is InChI=1S/C17H21N3OS/c1-19-8-5-14(16(19)13-4-3-7-18-10-13)11-20(2)17(21)15-6-9-22-12-15/h3-4,6-7,9-10,12,14,16H,5,8,11H2,1-2H3/t14-,16-/m0/s1. The minimum Gasteiger partial charge on any atom is -0.341 e. The zero-order chi connectivity index (χ0) is 15.5. The molecule has 3 rings (SSSR count). The number of nitrogens with zero attached hydrogens (tertiary/aromatic N) is 3. The van der Waals surface area contributed by atoms with Crippen LogP contribution >= 0.6 is 11.3 Å². The predicted octanol–water partition coefficient (Wildman–Crippen LogP) is 2.91. The number of carbonyl (C=O) groups excluding carboxylic acids is 1. The fourth-order valence-corrected chi connectivity index (χ4v) is 3.97. The van der Waals surface area contributed by atoms with Crippen molar-refractivity contribution in [3.8, 4) is 0 Å². The Morgan fingerprint density at radius 1 is 1.50 bits per heavy atom. The van der Waals surface area contributed by atoms with Crippen LogP contribution in [-0.2, 0) is 0 Å². The highest BCUT2D eigenvalue weighted by Crippen LogP contribution is 2.36. The molecule has 0 spiro atoms. The average molecular weight is 315 g/mol. The Morgan fingerprint density at radius 2 is 2.36 bits per heavy atom. The molecule has 5 heteroatoms. The smallest absolute Gasteiger partial charge is 0.254 e. The lowest BCUT2D eigenvalue weighted by Gasteiger charge is -2.28. The Balaban J connectivity index is 1.72. The van der Waals surface area contributed by atoms with Crippen LogP contribution in [0.5, 0.6) is 0 Å². The summed E-state index contributed by atoms with van der Waals surface area (Å²) in [4.78, 5) is 20.9. The maximum atomic E-state index is 12.4. The molecule has 0 aliphatic carbocycles. The SMILES string of the molecule is CN(C[C@@H]1CCN(C)[C@H]1c1cccnc1)C(=O)c1ccsc1. The van der Waals surface area contributed by atoms with E-state index < -0.39 is 0 Å². The first-order valence-electron chi connectivity index (χ1n) is 7.54. The molecular formula is C17H21N3OS. The first-order valence-corrected chi connectivity index (χ1v) is 8.49. The van der Waals surface area contributed by atoms with E-state index in [1.54, 1.807) is 17.5 Å². The third kappa shape index (κ3) is 3.05. The van der Waals surface area contributed by atoms with Crippen LogP contribution in [0.2, 0.25) is 0 Å². The van der Waals surface area contributed by atoms with Gasteiger partial charge in [-0.05, 0) is 49.0 Å². The molecule has 4 nitrogen and oxygen atoms in total. The van der Waals surface area contributed by atoms with Gasteiger partial charge >= 0.3 is 0 Å². The molecule has 3 heterocycles. The highest BCUT2D eigenvalue weighted by Gasteiger charge is 2.34. The molecule has 0 bridgehead atoms. The number of thiophene rings is 1. The summed E-state index contributed by atoms with van der Waals surface area (Å²) in [5, 5.41) is 3.86. The molecule has 0 N–H and O–H groups in total. The largest absolute Gasteiger partial charge is 0.341 e. The van der Waals surface area contributed by atoms with Gasteiger partial charge in [-0.15, -0.1) is 0 Å². The van der Waals surface area contributed by atoms with Crippen LogP contribution < -0.4 is 0 Å². The zero-order valence-electron chi connectivity index (χ0n) is 13.0. The van der Waals surface area contributed by atoms with E-state index in [1.807, 2.05) is 41.0 Å². The molecule has 1 fully saturated rings. The van der Waals surface area contributed by atoms with Crippen LogP contribution in [0.3, 0.4) is 0 Å². The molecule has 0 aromatic carbocycles. The number of rotatable bonds is 4. The van der Waals surface area contributed by atoms with Crippen molar-refractivity contribution in [2.75, 3.05) is 27.2 Å². The van der Waals surface area contributed by atoms with E-state index in [2.05, 4.69) is 23.0 Å². The van der Waals surface area contributed by atoms with Gasteiger partial charge in [0.25, 0.3) is 5.91 Å². The van der Waals surface area contributed by atoms with Gasteiger partial charge in [-0.1, -0.05) is 6.07 Å². The van der Waals surface area contributed by atoms with E-state index in [0.29, 0.717) is 12.0 Å². The van der Waals surface area contributed by atoms with Crippen LogP contribution in [0.1, 0.15) is 28.4 Å². The van der Waals surface area contributed by atoms with Gasteiger partial charge in [0.15, 0.2) is 0 Å². The number of hydrogen-bond donors (Lipinski definition) is 0. The lowest BCUT2D eigenvalue weighted by Crippen LogP contribution is -2.34. The topological polar surface area (TPSA) is 36.4 Å². The second-order valence-electron chi connectivity index (χ2n) is 5.96. The summed E-state index contributed by atoms with van der Waals surface area (Å²) in [5.74, 6) is 0.558. The van der Waals surface area contributed by atoms with Gasteiger partial charge < -0.3 is 4.90 Å². The Kier molecular flexibility index (Phi) is 4.55. The molecule has 22 heavy (non-hydrogen) atoms. The zero-order valence-corrected chi connectivity index (χ0v) is 13.8. The number of pyridine rings is 1. The van der Waals surface area contributed by atoms with E-state index in [-0.39, 0.29) is 5.91 Å². The number of aromatic nitrogens is 1. The molecule has 0 saturated carbocycles. The first-order chi connectivity index (χ1) is 10.7. The van der Waals surface area contributed by atoms with Crippen LogP contribution in [0.4, 0.5) is 0 Å². The molecule has 1 aliphatic heterocycles. The summed E-state index contributed by atoms with van der Waals surface area (Å²) in [7, 11) is 4.05. The van der Waals surface area contributed by atoms with Crippen molar-refractivity contribution in [1.29, 1.82) is 0 Å². The Morgan fingerprint density at radius 3 is 3.05 bits per heavy atom. The van der Waals surface area contributed by atoms with E-state index in [1.165, 1.54) is 5.56 Å². The third-order valence-electron chi connectivity index (χ3n) is 4.42. The van der Waals surface area contributed by atoms with Gasteiger partial charge in [0, 0.05) is 37.4 Å². The Bertz CT molecular complexity index is 614. The summed E-state index contributed by atoms with van der Waals surface area (Å²) in [6.45, 7) is 1.84. The number of hydrogen-bond acceptors (Lipinski definition) is 4. The Hall–Kier alpha value is -1.72. The van der Waals surface area contributed by atoms with Crippen LogP contribution in [0.15, 0.2) is 41.4 Å². The summed E-state index contributed by atoms with van der Waals surface area (Å²) in [6, 6.07) is 6.35. The molecule has 2 aromatic heterocycles. The van der Waals surface area contributed by atoms with Crippen molar-refractivity contribution >= 4 is 17.2 Å². The molecule has 1 saturated heterocycles. The average Bonchev–Trinajstić information content (AvgIpc) is 3.18. The van der Waals surface area contributed by atoms with Gasteiger partial charge in [-0.25, -0.2) is 0 Å². The van der Waals surface area contributed by atoms with Crippen LogP contribution in [-0.4, -0.2) is 47.9 Å². The van der Waals surface area contributed by atoms with Gasteiger partial charge in [-0.2, -0.15) is 11.3 Å². The molecule has 1 aliphatic rings. The van der Waals surface area contributed by atoms with Crippen molar-refractivity contribution < 1.29 is 4.79 Å². The second kappa shape index (κ2) is 6.58. The highest BCUT2D eigenvalue weighted by molar-refractivity contribution is 7.08. The minimum atomic E-state index is 0.112. The van der Waals surface area contributed by atoms with Crippen LogP contribution in [0, 0.1) is 5.92 Å². The lowest BCUT2D eigenvalue weighted by molar-refractivity contribution is 0.0761. The summed E-state index contributed by atoms with van der Waals surface area (Å²) >= 11 is 1.56. The van der Waals surface area contributed by atoms with Gasteiger partial charge in [-0.3, -0.25) is 14.7 Å². The number of carbonyl (C=O) groups is 1. The fourth-order valence-electron chi connectivity index (χ4n) is 3.34. The molecule has 2 aromatic rings. The quantitative estimate of drug-likeness (QED) is 0.870. The van der Waals surface area contributed by atoms with E-state index in [4.69, 9.17) is 0 Å². The monoisotopic (exact) mass is 315 g/mol. The van der Waals surface area contributed by atoms with Gasteiger partial charge in [0.1, 0.15) is 0 Å². The third-order valence-corrected chi connectivity index (χ3v) is 5.11. The van der Waals surface area contributed by atoms with Crippen LogP contribution in [0.25, 0.3) is 0 Å². The van der Waals surface area contributed by atoms with E-state index in [9.17, 15) is 4.79 Å². The molecule has 1 amide bonds. The van der Waals surface area contributed by atoms with Crippen molar-refractivity contribution in [1.82, 2.24) is 14.8 Å². The van der Waals surface area contributed by atoms with Gasteiger partial charge in [0.2, 0.25) is 0 Å². The first kappa shape index (κ1) is 15.2. The molecule has 2 atom stereocenters. The molecule has 0 unspecified atom stereocenters. The van der Waals surface area contributed by atoms with Crippen molar-refractivity contribution in [2.45, 2.75) is 12.5 Å². The summed E-state index contributed by atoms with van der Waals surface area (Å²) in [5.41, 5.74) is 2.03. The van der Waals surface area contributed by atoms with E-state index >= 15 is 0 Å². The lowest BCUT2D eigenvalue weighted by atomic mass is 9.94. The van der Waals surface area contributed by atoms with Crippen molar-refractivity contribution in [2.24, 2.45) is 5.92 Å². The summed E-state index contributed by atoms with van der Waals surface area (Å²) in [6.07, 6.45) is 4.86. The number of amides is 1. The predicted molar refractivity (Wildman–Crippen MR) is 89.0 cm³/mol. The van der Waals surface area contributed by atoms with E-state index in [0.717, 1.165) is 25.1 Å². The Labute approximate surface area is 135 Å². The highest BCUT2D eigenvalue weighted by atomic mass is 32.1. The maximum absolute atomic E-state index is 12.4. The minimum absolute atomic E-state index is 0.112. The van der Waals surface area contributed by atoms with Gasteiger partial charge in [0.05, 0.1) is 5.56 Å². The normalized spacial score (nSPS) is 21.9. The number of likely N-dealkylation sites (tertiary alicyclic amines) is 1. The second-order valence-corrected chi connectivity index (χ2v) is 6.74. The molecule has 0 radical (unpaired) electrons. The molecular weight excluding hydrogens is 294 g/mol. The fraction of sp³-hybridized carbons (Fsp3) is 0.412. The van der Waals surface area contributed by atoms with Crippen molar-refractivity contribution in [3.63, 3.8) is 0 Å². The van der Waals surface area contributed by atoms with Crippen molar-refractivity contribution in [3.05, 3.63) is 52.5 Å². The maximum Gasteiger partial charge on any atom is 0.254 e. The molecule has 116 valence electrons. The summed E-state index contributed by atoms with van der Waals surface area (Å²) < 4.78 is 0.